The standard InChI is InChI=1S/C21H19F3N4O3S/c22-21(23,24)14-10-16-18(17(11-14)28(30)31)32-20(26-19(16)29)27-8-4-7-25-12-15(27)9-13-5-2-1-3-6-13/h4,7-8,10-13H,1-3,5-6,9H2. The summed E-state index contributed by atoms with van der Waals surface area (Å²) in [5.41, 5.74) is -2.19. The zero-order valence-electron chi connectivity index (χ0n) is 16.8. The van der Waals surface area contributed by atoms with E-state index < -0.39 is 33.3 Å². The quantitative estimate of drug-likeness (QED) is 0.421. The number of rotatable bonds is 4. The number of nitro benzene ring substituents is 1. The number of anilines is 1. The number of non-ortho nitro benzene ring substituents is 1. The van der Waals surface area contributed by atoms with Crippen LogP contribution in [0.5, 0.6) is 0 Å². The summed E-state index contributed by atoms with van der Waals surface area (Å²) in [5.74, 6) is 0.444. The molecule has 11 heteroatoms. The third-order valence-electron chi connectivity index (χ3n) is 5.58. The number of halogens is 3. The van der Waals surface area contributed by atoms with Gasteiger partial charge >= 0.3 is 6.18 Å². The lowest BCUT2D eigenvalue weighted by atomic mass is 9.86. The van der Waals surface area contributed by atoms with Crippen molar-refractivity contribution in [2.45, 2.75) is 44.7 Å². The Morgan fingerprint density at radius 3 is 2.66 bits per heavy atom. The molecule has 2 heterocycles. The molecule has 7 nitrogen and oxygen atoms in total. The molecule has 0 bridgehead atoms. The first kappa shape index (κ1) is 22.1. The number of aromatic nitrogens is 1. The van der Waals surface area contributed by atoms with Crippen LogP contribution in [0.4, 0.5) is 24.0 Å². The minimum absolute atomic E-state index is 0.145. The van der Waals surface area contributed by atoms with Crippen molar-refractivity contribution in [3.05, 3.63) is 62.3 Å². The van der Waals surface area contributed by atoms with E-state index in [1.807, 2.05) is 0 Å². The molecule has 2 aromatic rings. The first-order chi connectivity index (χ1) is 15.2. The molecule has 0 radical (unpaired) electrons. The first-order valence-corrected chi connectivity index (χ1v) is 10.9. The second-order valence-electron chi connectivity index (χ2n) is 7.77. The Hall–Kier alpha value is -3.08. The summed E-state index contributed by atoms with van der Waals surface area (Å²) in [4.78, 5) is 33.2. The molecule has 0 unspecified atom stereocenters. The zero-order chi connectivity index (χ0) is 22.9. The lowest BCUT2D eigenvalue weighted by molar-refractivity contribution is -0.383. The topological polar surface area (TPSA) is 88.7 Å². The lowest BCUT2D eigenvalue weighted by Gasteiger charge is -2.27. The Labute approximate surface area is 184 Å². The molecular formula is C21H19F3N4O3S. The Balaban J connectivity index is 1.81. The number of alkyl halides is 3. The fourth-order valence-corrected chi connectivity index (χ4v) is 5.11. The molecule has 1 aromatic heterocycles. The summed E-state index contributed by atoms with van der Waals surface area (Å²) in [6.45, 7) is 0. The van der Waals surface area contributed by atoms with Crippen LogP contribution >= 0.6 is 11.3 Å². The third-order valence-corrected chi connectivity index (χ3v) is 6.69. The molecule has 0 amide bonds. The highest BCUT2D eigenvalue weighted by Gasteiger charge is 2.34. The van der Waals surface area contributed by atoms with Crippen LogP contribution in [0.1, 0.15) is 44.1 Å². The lowest BCUT2D eigenvalue weighted by Crippen LogP contribution is -2.22. The van der Waals surface area contributed by atoms with Crippen LogP contribution in [0.3, 0.4) is 0 Å². The van der Waals surface area contributed by atoms with Crippen molar-refractivity contribution < 1.29 is 18.1 Å². The number of hydrogen-bond acceptors (Lipinski definition) is 7. The fraction of sp³-hybridized carbons (Fsp3) is 0.381. The summed E-state index contributed by atoms with van der Waals surface area (Å²) >= 11 is 0.815. The number of nitro groups is 1. The molecule has 4 rings (SSSR count). The second kappa shape index (κ2) is 8.81. The number of hydrogen-bond donors (Lipinski definition) is 0. The summed E-state index contributed by atoms with van der Waals surface area (Å²) in [5, 5.41) is 11.3. The second-order valence-corrected chi connectivity index (χ2v) is 8.74. The van der Waals surface area contributed by atoms with Crippen LogP contribution in [0, 0.1) is 16.0 Å². The molecule has 1 saturated carbocycles. The Kier molecular flexibility index (Phi) is 6.09. The number of fused-ring (bicyclic) bond motifs is 1. The number of benzene rings is 1. The summed E-state index contributed by atoms with van der Waals surface area (Å²) in [6, 6.07) is 1.08. The van der Waals surface area contributed by atoms with E-state index in [1.165, 1.54) is 6.42 Å². The van der Waals surface area contributed by atoms with Crippen molar-refractivity contribution >= 4 is 38.5 Å². The van der Waals surface area contributed by atoms with Gasteiger partial charge in [-0.1, -0.05) is 43.4 Å². The van der Waals surface area contributed by atoms with Gasteiger partial charge in [-0.05, 0) is 24.5 Å². The van der Waals surface area contributed by atoms with Crippen LogP contribution in [0.25, 0.3) is 10.1 Å². The summed E-state index contributed by atoms with van der Waals surface area (Å²) in [7, 11) is 0. The number of aliphatic imine (C=N–C) groups is 1. The zero-order valence-corrected chi connectivity index (χ0v) is 17.7. The van der Waals surface area contributed by atoms with Gasteiger partial charge in [0.1, 0.15) is 4.70 Å². The number of allylic oxidation sites excluding steroid dienone is 2. The van der Waals surface area contributed by atoms with Crippen molar-refractivity contribution in [1.29, 1.82) is 0 Å². The Morgan fingerprint density at radius 1 is 1.22 bits per heavy atom. The molecular weight excluding hydrogens is 445 g/mol. The van der Waals surface area contributed by atoms with Crippen LogP contribution in [0.15, 0.2) is 46.1 Å². The monoisotopic (exact) mass is 464 g/mol. The van der Waals surface area contributed by atoms with Crippen molar-refractivity contribution in [2.75, 3.05) is 4.90 Å². The van der Waals surface area contributed by atoms with Gasteiger partial charge in [-0.2, -0.15) is 18.2 Å². The number of nitrogens with zero attached hydrogens (tertiary/aromatic N) is 4. The van der Waals surface area contributed by atoms with Crippen molar-refractivity contribution in [1.82, 2.24) is 4.98 Å². The molecule has 1 fully saturated rings. The predicted molar refractivity (Wildman–Crippen MR) is 117 cm³/mol. The molecule has 1 aromatic carbocycles. The van der Waals surface area contributed by atoms with Gasteiger partial charge in [-0.25, -0.2) is 0 Å². The molecule has 0 saturated heterocycles. The SMILES string of the molecule is O=c1nc(N2C=CC=NC=C2CC2CCCCC2)sc2c([N+](=O)[O-])cc(C(F)(F)F)cc12. The highest BCUT2D eigenvalue weighted by molar-refractivity contribution is 7.22. The normalized spacial score (nSPS) is 17.5. The van der Waals surface area contributed by atoms with Gasteiger partial charge < -0.3 is 0 Å². The highest BCUT2D eigenvalue weighted by atomic mass is 32.1. The highest BCUT2D eigenvalue weighted by Crippen LogP contribution is 2.40. The van der Waals surface area contributed by atoms with E-state index in [0.717, 1.165) is 42.7 Å². The molecule has 32 heavy (non-hydrogen) atoms. The van der Waals surface area contributed by atoms with Gasteiger partial charge in [0.05, 0.1) is 15.9 Å². The third kappa shape index (κ3) is 4.57. The largest absolute Gasteiger partial charge is 0.416 e. The van der Waals surface area contributed by atoms with Gasteiger partial charge in [0.15, 0.2) is 5.13 Å². The van der Waals surface area contributed by atoms with E-state index >= 15 is 0 Å². The predicted octanol–water partition coefficient (Wildman–Crippen LogP) is 5.80. The average molecular weight is 464 g/mol. The summed E-state index contributed by atoms with van der Waals surface area (Å²) < 4.78 is 39.5. The van der Waals surface area contributed by atoms with Gasteiger partial charge in [-0.3, -0.25) is 24.8 Å². The van der Waals surface area contributed by atoms with E-state index in [9.17, 15) is 28.1 Å². The van der Waals surface area contributed by atoms with Crippen LogP contribution in [-0.2, 0) is 6.18 Å². The van der Waals surface area contributed by atoms with E-state index in [0.29, 0.717) is 24.5 Å². The fourth-order valence-electron chi connectivity index (χ4n) is 4.03. The van der Waals surface area contributed by atoms with E-state index in [4.69, 9.17) is 0 Å². The van der Waals surface area contributed by atoms with E-state index in [1.54, 1.807) is 29.6 Å². The van der Waals surface area contributed by atoms with E-state index in [-0.39, 0.29) is 9.83 Å². The minimum atomic E-state index is -4.82. The van der Waals surface area contributed by atoms with E-state index in [2.05, 4.69) is 9.98 Å². The van der Waals surface area contributed by atoms with Crippen molar-refractivity contribution in [2.24, 2.45) is 10.9 Å². The molecule has 1 aliphatic carbocycles. The first-order valence-electron chi connectivity index (χ1n) is 10.1. The average Bonchev–Trinajstić information content (AvgIpc) is 2.98. The minimum Gasteiger partial charge on any atom is -0.295 e. The van der Waals surface area contributed by atoms with Crippen LogP contribution in [-0.4, -0.2) is 16.1 Å². The molecule has 0 atom stereocenters. The van der Waals surface area contributed by atoms with Gasteiger partial charge in [0, 0.05) is 30.4 Å². The van der Waals surface area contributed by atoms with Gasteiger partial charge in [0.25, 0.3) is 11.2 Å². The van der Waals surface area contributed by atoms with Crippen LogP contribution < -0.4 is 10.5 Å². The van der Waals surface area contributed by atoms with Gasteiger partial charge in [0.2, 0.25) is 0 Å². The maximum absolute atomic E-state index is 13.2. The van der Waals surface area contributed by atoms with Crippen molar-refractivity contribution in [3.63, 3.8) is 0 Å². The molecule has 0 N–H and O–H groups in total. The smallest absolute Gasteiger partial charge is 0.295 e. The summed E-state index contributed by atoms with van der Waals surface area (Å²) in [6.07, 6.45) is 8.05. The Bertz CT molecular complexity index is 1200. The van der Waals surface area contributed by atoms with Gasteiger partial charge in [-0.15, -0.1) is 0 Å². The molecule has 1 aliphatic heterocycles. The molecule has 2 aliphatic rings. The molecule has 168 valence electrons. The Morgan fingerprint density at radius 2 is 1.97 bits per heavy atom. The van der Waals surface area contributed by atoms with Crippen LogP contribution in [0.2, 0.25) is 0 Å². The van der Waals surface area contributed by atoms with Crippen molar-refractivity contribution in [3.8, 4) is 0 Å². The maximum Gasteiger partial charge on any atom is 0.416 e. The maximum atomic E-state index is 13.2. The molecule has 0 spiro atoms.